The molecule has 0 atom stereocenters. The standard InChI is InChI=1S/C47H45N7OS/c1-3-20-46-44(18-1)54(45-19-2-4-21-47(45)56-46)26-13-27-55-43-29-37(31-52(33-39-14-5-9-22-48-39)34-40-15-6-10-23-49-40)28-38(30-43)32-53(35-41-16-7-11-24-50-41)36-42-17-8-12-25-51-42/h1-12,14-25,28-30H,13,26-27,31-36H2. The Morgan fingerprint density at radius 1 is 0.464 bits per heavy atom. The van der Waals surface area contributed by atoms with Gasteiger partial charge >= 0.3 is 0 Å². The summed E-state index contributed by atoms with van der Waals surface area (Å²) in [6, 6.07) is 48.5. The first-order valence-corrected chi connectivity index (χ1v) is 20.0. The molecule has 280 valence electrons. The van der Waals surface area contributed by atoms with Gasteiger partial charge in [0.25, 0.3) is 0 Å². The highest BCUT2D eigenvalue weighted by molar-refractivity contribution is 7.99. The molecule has 1 aliphatic heterocycles. The van der Waals surface area contributed by atoms with E-state index < -0.39 is 0 Å². The Morgan fingerprint density at radius 2 is 0.875 bits per heavy atom. The maximum absolute atomic E-state index is 6.67. The van der Waals surface area contributed by atoms with Gasteiger partial charge in [0.2, 0.25) is 0 Å². The first-order valence-electron chi connectivity index (χ1n) is 19.2. The van der Waals surface area contributed by atoms with Crippen molar-refractivity contribution in [3.8, 4) is 5.75 Å². The largest absolute Gasteiger partial charge is 0.494 e. The summed E-state index contributed by atoms with van der Waals surface area (Å²) in [5, 5.41) is 0. The first kappa shape index (κ1) is 37.1. The van der Waals surface area contributed by atoms with Crippen LogP contribution in [0.1, 0.15) is 40.3 Å². The predicted octanol–water partition coefficient (Wildman–Crippen LogP) is 9.74. The van der Waals surface area contributed by atoms with Crippen molar-refractivity contribution >= 4 is 23.1 Å². The predicted molar refractivity (Wildman–Crippen MR) is 223 cm³/mol. The monoisotopic (exact) mass is 755 g/mol. The highest BCUT2D eigenvalue weighted by Gasteiger charge is 2.22. The zero-order valence-electron chi connectivity index (χ0n) is 31.4. The third-order valence-corrected chi connectivity index (χ3v) is 10.7. The fraction of sp³-hybridized carbons (Fsp3) is 0.191. The second kappa shape index (κ2) is 18.6. The Kier molecular flexibility index (Phi) is 12.3. The van der Waals surface area contributed by atoms with Crippen molar-refractivity contribution in [1.82, 2.24) is 29.7 Å². The molecule has 0 amide bonds. The molecule has 7 aromatic rings. The maximum Gasteiger partial charge on any atom is 0.119 e. The average molecular weight is 756 g/mol. The maximum atomic E-state index is 6.67. The van der Waals surface area contributed by atoms with E-state index in [4.69, 9.17) is 4.74 Å². The Labute approximate surface area is 333 Å². The van der Waals surface area contributed by atoms with Crippen molar-refractivity contribution in [2.75, 3.05) is 18.1 Å². The quantitative estimate of drug-likeness (QED) is 0.0846. The summed E-state index contributed by atoms with van der Waals surface area (Å²) in [4.78, 5) is 28.5. The normalized spacial score (nSPS) is 12.1. The topological polar surface area (TPSA) is 70.5 Å². The van der Waals surface area contributed by atoms with Crippen LogP contribution in [0.4, 0.5) is 11.4 Å². The first-order chi connectivity index (χ1) is 27.7. The van der Waals surface area contributed by atoms with E-state index in [1.54, 1.807) is 0 Å². The lowest BCUT2D eigenvalue weighted by Crippen LogP contribution is -2.25. The molecule has 3 aromatic carbocycles. The molecule has 0 spiro atoms. The number of pyridine rings is 4. The number of hydrogen-bond acceptors (Lipinski definition) is 9. The van der Waals surface area contributed by atoms with E-state index in [9.17, 15) is 0 Å². The van der Waals surface area contributed by atoms with Gasteiger partial charge in [0.05, 0.1) is 40.8 Å². The van der Waals surface area contributed by atoms with Gasteiger partial charge in [0.15, 0.2) is 0 Å². The molecule has 0 saturated carbocycles. The number of fused-ring (bicyclic) bond motifs is 2. The van der Waals surface area contributed by atoms with Crippen molar-refractivity contribution < 1.29 is 4.74 Å². The Hall–Kier alpha value is -5.87. The van der Waals surface area contributed by atoms with Gasteiger partial charge < -0.3 is 9.64 Å². The van der Waals surface area contributed by atoms with Crippen LogP contribution >= 0.6 is 11.8 Å². The number of aromatic nitrogens is 4. The molecule has 0 N–H and O–H groups in total. The summed E-state index contributed by atoms with van der Waals surface area (Å²) in [6.45, 7) is 5.63. The summed E-state index contributed by atoms with van der Waals surface area (Å²) < 4.78 is 6.67. The summed E-state index contributed by atoms with van der Waals surface area (Å²) in [6.07, 6.45) is 8.30. The Morgan fingerprint density at radius 3 is 1.29 bits per heavy atom. The highest BCUT2D eigenvalue weighted by Crippen LogP contribution is 2.47. The van der Waals surface area contributed by atoms with Crippen molar-refractivity contribution in [3.05, 3.63) is 198 Å². The van der Waals surface area contributed by atoms with Crippen molar-refractivity contribution in [2.45, 2.75) is 55.5 Å². The van der Waals surface area contributed by atoms with Crippen molar-refractivity contribution in [3.63, 3.8) is 0 Å². The molecular weight excluding hydrogens is 711 g/mol. The summed E-state index contributed by atoms with van der Waals surface area (Å²) >= 11 is 1.84. The minimum atomic E-state index is 0.591. The summed E-state index contributed by atoms with van der Waals surface area (Å²) in [5.74, 6) is 0.874. The van der Waals surface area contributed by atoms with Gasteiger partial charge in [0.1, 0.15) is 5.75 Å². The molecule has 0 fully saturated rings. The molecule has 4 aromatic heterocycles. The van der Waals surface area contributed by atoms with Gasteiger partial charge in [-0.3, -0.25) is 29.7 Å². The third kappa shape index (κ3) is 10.1. The van der Waals surface area contributed by atoms with E-state index in [0.717, 1.165) is 41.5 Å². The van der Waals surface area contributed by atoms with E-state index in [2.05, 4.69) is 126 Å². The van der Waals surface area contributed by atoms with Gasteiger partial charge in [-0.05, 0) is 102 Å². The number of para-hydroxylation sites is 2. The lowest BCUT2D eigenvalue weighted by atomic mass is 10.1. The van der Waals surface area contributed by atoms with Crippen LogP contribution < -0.4 is 9.64 Å². The molecular formula is C47H45N7OS. The molecule has 8 rings (SSSR count). The molecule has 1 aliphatic rings. The zero-order chi connectivity index (χ0) is 37.8. The van der Waals surface area contributed by atoms with E-state index in [1.807, 2.05) is 85.1 Å². The van der Waals surface area contributed by atoms with Crippen LogP contribution in [0.15, 0.2) is 174 Å². The van der Waals surface area contributed by atoms with Crippen LogP contribution in [-0.2, 0) is 39.3 Å². The van der Waals surface area contributed by atoms with Crippen LogP contribution in [-0.4, -0.2) is 42.9 Å². The van der Waals surface area contributed by atoms with Crippen molar-refractivity contribution in [1.29, 1.82) is 0 Å². The molecule has 0 bridgehead atoms. The minimum absolute atomic E-state index is 0.591. The Bertz CT molecular complexity index is 2040. The molecule has 9 heteroatoms. The van der Waals surface area contributed by atoms with E-state index in [1.165, 1.54) is 32.3 Å². The van der Waals surface area contributed by atoms with Crippen LogP contribution in [0.2, 0.25) is 0 Å². The number of nitrogens with zero attached hydrogens (tertiary/aromatic N) is 7. The van der Waals surface area contributed by atoms with Gasteiger partial charge in [0, 0.05) is 80.4 Å². The van der Waals surface area contributed by atoms with Crippen molar-refractivity contribution in [2.24, 2.45) is 0 Å². The van der Waals surface area contributed by atoms with Gasteiger partial charge in [-0.1, -0.05) is 66.4 Å². The molecule has 8 nitrogen and oxygen atoms in total. The number of ether oxygens (including phenoxy) is 1. The summed E-state index contributed by atoms with van der Waals surface area (Å²) in [7, 11) is 0. The molecule has 0 aliphatic carbocycles. The SMILES string of the molecule is c1ccc(CN(Cc2cc(CN(Cc3ccccn3)Cc3ccccn3)cc(OCCCN3c4ccccc4Sc4ccccc43)c2)Cc2ccccn2)nc1. The smallest absolute Gasteiger partial charge is 0.119 e. The number of benzene rings is 3. The van der Waals surface area contributed by atoms with Gasteiger partial charge in [-0.25, -0.2) is 0 Å². The molecule has 56 heavy (non-hydrogen) atoms. The number of anilines is 2. The lowest BCUT2D eigenvalue weighted by molar-refractivity contribution is 0.236. The van der Waals surface area contributed by atoms with Crippen LogP contribution in [0, 0.1) is 0 Å². The number of hydrogen-bond donors (Lipinski definition) is 0. The second-order valence-corrected chi connectivity index (χ2v) is 15.0. The van der Waals surface area contributed by atoms with Gasteiger partial charge in [-0.2, -0.15) is 0 Å². The van der Waals surface area contributed by atoms with E-state index >= 15 is 0 Å². The van der Waals surface area contributed by atoms with Gasteiger partial charge in [-0.15, -0.1) is 0 Å². The molecule has 0 unspecified atom stereocenters. The van der Waals surface area contributed by atoms with Crippen LogP contribution in [0.5, 0.6) is 5.75 Å². The Balaban J connectivity index is 1.05. The number of rotatable bonds is 17. The van der Waals surface area contributed by atoms with E-state index in [-0.39, 0.29) is 0 Å². The minimum Gasteiger partial charge on any atom is -0.494 e. The summed E-state index contributed by atoms with van der Waals surface area (Å²) in [5.41, 5.74) is 8.94. The van der Waals surface area contributed by atoms with E-state index in [0.29, 0.717) is 45.9 Å². The fourth-order valence-electron chi connectivity index (χ4n) is 7.16. The molecule has 0 saturated heterocycles. The second-order valence-electron chi connectivity index (χ2n) is 14.0. The van der Waals surface area contributed by atoms with Crippen LogP contribution in [0.3, 0.4) is 0 Å². The average Bonchev–Trinajstić information content (AvgIpc) is 3.23. The highest BCUT2D eigenvalue weighted by atomic mass is 32.2. The lowest BCUT2D eigenvalue weighted by Gasteiger charge is -2.32. The zero-order valence-corrected chi connectivity index (χ0v) is 32.2. The van der Waals surface area contributed by atoms with Crippen LogP contribution in [0.25, 0.3) is 0 Å². The fourth-order valence-corrected chi connectivity index (χ4v) is 8.26. The molecule has 0 radical (unpaired) electrons. The molecule has 5 heterocycles. The third-order valence-electron chi connectivity index (χ3n) is 9.61.